The van der Waals surface area contributed by atoms with E-state index >= 15 is 0 Å². The van der Waals surface area contributed by atoms with Gasteiger partial charge in [0.2, 0.25) is 0 Å². The molecule has 0 bridgehead atoms. The molecule has 0 saturated carbocycles. The molecule has 1 aliphatic heterocycles. The molecule has 1 aliphatic rings. The van der Waals surface area contributed by atoms with Gasteiger partial charge in [-0.1, -0.05) is 6.07 Å². The molecule has 16 heavy (non-hydrogen) atoms. The molecule has 88 valence electrons. The van der Waals surface area contributed by atoms with Crippen molar-refractivity contribution in [1.29, 1.82) is 0 Å². The second-order valence-corrected chi connectivity index (χ2v) is 4.13. The van der Waals surface area contributed by atoms with E-state index < -0.39 is 5.60 Å². The first kappa shape index (κ1) is 11.2. The molecule has 0 aromatic heterocycles. The Bertz CT molecular complexity index is 402. The first-order chi connectivity index (χ1) is 7.62. The zero-order chi connectivity index (χ0) is 11.8. The van der Waals surface area contributed by atoms with Crippen molar-refractivity contribution in [3.05, 3.63) is 23.3 Å². The van der Waals surface area contributed by atoms with Gasteiger partial charge >= 0.3 is 0 Å². The van der Waals surface area contributed by atoms with E-state index in [1.165, 1.54) is 6.07 Å². The van der Waals surface area contributed by atoms with Gasteiger partial charge in [0.15, 0.2) is 11.5 Å². The second-order valence-electron chi connectivity index (χ2n) is 4.13. The lowest BCUT2D eigenvalue weighted by Gasteiger charge is -2.36. The van der Waals surface area contributed by atoms with Gasteiger partial charge in [0.25, 0.3) is 0 Å². The third kappa shape index (κ3) is 1.63. The van der Waals surface area contributed by atoms with Gasteiger partial charge in [0.1, 0.15) is 0 Å². The number of aromatic hydroxyl groups is 2. The van der Waals surface area contributed by atoms with E-state index in [9.17, 15) is 10.2 Å². The van der Waals surface area contributed by atoms with Crippen molar-refractivity contribution in [1.82, 2.24) is 0 Å². The predicted octanol–water partition coefficient (Wildman–Crippen LogP) is -0.173. The number of benzene rings is 1. The molecule has 5 nitrogen and oxygen atoms in total. The largest absolute Gasteiger partial charge is 0.504 e. The fourth-order valence-electron chi connectivity index (χ4n) is 1.95. The molecular weight excluding hydrogens is 208 g/mol. The van der Waals surface area contributed by atoms with Crippen molar-refractivity contribution in [3.63, 3.8) is 0 Å². The number of fused-ring (bicyclic) bond motifs is 1. The molecule has 0 unspecified atom stereocenters. The van der Waals surface area contributed by atoms with Crippen molar-refractivity contribution >= 4 is 0 Å². The molecule has 1 aromatic carbocycles. The van der Waals surface area contributed by atoms with Crippen molar-refractivity contribution < 1.29 is 14.9 Å². The summed E-state index contributed by atoms with van der Waals surface area (Å²) in [5, 5.41) is 19.2. The maximum Gasteiger partial charge on any atom is 0.161 e. The SMILES string of the molecule is NCC1(CN)Cc2c(ccc(O)c2O)CO1. The zero-order valence-electron chi connectivity index (χ0n) is 8.94. The van der Waals surface area contributed by atoms with E-state index in [0.29, 0.717) is 18.6 Å². The summed E-state index contributed by atoms with van der Waals surface area (Å²) < 4.78 is 5.64. The smallest absolute Gasteiger partial charge is 0.161 e. The summed E-state index contributed by atoms with van der Waals surface area (Å²) >= 11 is 0. The van der Waals surface area contributed by atoms with Crippen LogP contribution >= 0.6 is 0 Å². The van der Waals surface area contributed by atoms with Crippen LogP contribution in [0.25, 0.3) is 0 Å². The van der Waals surface area contributed by atoms with E-state index in [0.717, 1.165) is 5.56 Å². The third-order valence-electron chi connectivity index (χ3n) is 3.14. The first-order valence-electron chi connectivity index (χ1n) is 5.18. The average molecular weight is 224 g/mol. The molecule has 0 spiro atoms. The summed E-state index contributed by atoms with van der Waals surface area (Å²) in [5.41, 5.74) is 12.2. The quantitative estimate of drug-likeness (QED) is 0.522. The molecule has 1 aromatic rings. The van der Waals surface area contributed by atoms with Crippen LogP contribution in [-0.4, -0.2) is 28.9 Å². The van der Waals surface area contributed by atoms with Gasteiger partial charge in [-0.15, -0.1) is 0 Å². The summed E-state index contributed by atoms with van der Waals surface area (Å²) in [6.45, 7) is 0.938. The predicted molar refractivity (Wildman–Crippen MR) is 59.1 cm³/mol. The second kappa shape index (κ2) is 3.93. The van der Waals surface area contributed by atoms with Gasteiger partial charge in [0.05, 0.1) is 12.2 Å². The van der Waals surface area contributed by atoms with Crippen LogP contribution < -0.4 is 11.5 Å². The normalized spacial score (nSPS) is 18.1. The molecule has 0 amide bonds. The molecule has 0 saturated heterocycles. The summed E-state index contributed by atoms with van der Waals surface area (Å²) in [6, 6.07) is 3.19. The number of rotatable bonds is 2. The van der Waals surface area contributed by atoms with Gasteiger partial charge in [0, 0.05) is 25.1 Å². The number of ether oxygens (including phenoxy) is 1. The van der Waals surface area contributed by atoms with Crippen molar-refractivity contribution in [3.8, 4) is 11.5 Å². The summed E-state index contributed by atoms with van der Waals surface area (Å²) in [5.74, 6) is -0.212. The van der Waals surface area contributed by atoms with Gasteiger partial charge in [-0.2, -0.15) is 0 Å². The van der Waals surface area contributed by atoms with Crippen LogP contribution in [0.5, 0.6) is 11.5 Å². The average Bonchev–Trinajstić information content (AvgIpc) is 2.34. The van der Waals surface area contributed by atoms with E-state index in [2.05, 4.69) is 0 Å². The molecule has 2 rings (SSSR count). The van der Waals surface area contributed by atoms with Gasteiger partial charge in [-0.05, 0) is 11.6 Å². The first-order valence-corrected chi connectivity index (χ1v) is 5.18. The highest BCUT2D eigenvalue weighted by Crippen LogP contribution is 2.37. The fourth-order valence-corrected chi connectivity index (χ4v) is 1.95. The maximum atomic E-state index is 9.78. The van der Waals surface area contributed by atoms with Crippen LogP contribution in [0.2, 0.25) is 0 Å². The Morgan fingerprint density at radius 2 is 1.94 bits per heavy atom. The molecule has 0 fully saturated rings. The molecule has 0 aliphatic carbocycles. The topological polar surface area (TPSA) is 102 Å². The minimum absolute atomic E-state index is 0.0907. The molecule has 1 heterocycles. The third-order valence-corrected chi connectivity index (χ3v) is 3.14. The lowest BCUT2D eigenvalue weighted by atomic mass is 9.88. The molecule has 0 radical (unpaired) electrons. The van der Waals surface area contributed by atoms with Gasteiger partial charge in [-0.3, -0.25) is 0 Å². The van der Waals surface area contributed by atoms with Crippen molar-refractivity contribution in [2.24, 2.45) is 11.5 Å². The van der Waals surface area contributed by atoms with Gasteiger partial charge < -0.3 is 26.4 Å². The lowest BCUT2D eigenvalue weighted by molar-refractivity contribution is -0.0545. The number of hydrogen-bond donors (Lipinski definition) is 4. The minimum atomic E-state index is -0.627. The van der Waals surface area contributed by atoms with Crippen LogP contribution in [0, 0.1) is 0 Å². The van der Waals surface area contributed by atoms with Crippen LogP contribution in [0.4, 0.5) is 0 Å². The Kier molecular flexibility index (Phi) is 2.75. The summed E-state index contributed by atoms with van der Waals surface area (Å²) in [7, 11) is 0. The molecular formula is C11H16N2O3. The zero-order valence-corrected chi connectivity index (χ0v) is 8.94. The van der Waals surface area contributed by atoms with E-state index in [-0.39, 0.29) is 24.6 Å². The maximum absolute atomic E-state index is 9.78. The highest BCUT2D eigenvalue weighted by atomic mass is 16.5. The Morgan fingerprint density at radius 1 is 1.25 bits per heavy atom. The van der Waals surface area contributed by atoms with Crippen LogP contribution in [0.1, 0.15) is 11.1 Å². The standard InChI is InChI=1S/C11H16N2O3/c12-5-11(6-13)3-8-7(4-16-11)1-2-9(14)10(8)15/h1-2,14-15H,3-6,12-13H2. The number of nitrogens with two attached hydrogens (primary N) is 2. The van der Waals surface area contributed by atoms with E-state index in [1.807, 2.05) is 0 Å². The Labute approximate surface area is 93.6 Å². The summed E-state index contributed by atoms with van der Waals surface area (Å²) in [4.78, 5) is 0. The number of phenols is 2. The molecule has 5 heteroatoms. The Hall–Kier alpha value is -1.30. The molecule has 0 atom stereocenters. The number of phenolic OH excluding ortho intramolecular Hbond substituents is 2. The minimum Gasteiger partial charge on any atom is -0.504 e. The molecule has 6 N–H and O–H groups in total. The Balaban J connectivity index is 2.42. The van der Waals surface area contributed by atoms with Crippen LogP contribution in [0.3, 0.4) is 0 Å². The highest BCUT2D eigenvalue weighted by Gasteiger charge is 2.35. The highest BCUT2D eigenvalue weighted by molar-refractivity contribution is 5.50. The van der Waals surface area contributed by atoms with Crippen molar-refractivity contribution in [2.45, 2.75) is 18.6 Å². The van der Waals surface area contributed by atoms with Crippen LogP contribution in [-0.2, 0) is 17.8 Å². The Morgan fingerprint density at radius 3 is 2.56 bits per heavy atom. The van der Waals surface area contributed by atoms with E-state index in [4.69, 9.17) is 16.2 Å². The van der Waals surface area contributed by atoms with E-state index in [1.54, 1.807) is 6.07 Å². The fraction of sp³-hybridized carbons (Fsp3) is 0.455. The summed E-state index contributed by atoms with van der Waals surface area (Å²) in [6.07, 6.45) is 0.426. The number of hydrogen-bond acceptors (Lipinski definition) is 5. The van der Waals surface area contributed by atoms with Crippen molar-refractivity contribution in [2.75, 3.05) is 13.1 Å². The monoisotopic (exact) mass is 224 g/mol. The van der Waals surface area contributed by atoms with Crippen LogP contribution in [0.15, 0.2) is 12.1 Å². The lowest BCUT2D eigenvalue weighted by Crippen LogP contribution is -2.51. The van der Waals surface area contributed by atoms with Gasteiger partial charge in [-0.25, -0.2) is 0 Å².